The Morgan fingerprint density at radius 2 is 2.18 bits per heavy atom. The molecule has 1 N–H and O–H groups in total. The molecular weight excluding hydrogens is 280 g/mol. The summed E-state index contributed by atoms with van der Waals surface area (Å²) in [4.78, 5) is 28.3. The molecule has 116 valence electrons. The Hall–Kier alpha value is -2.14. The molecule has 2 heterocycles. The molecule has 0 bridgehead atoms. The summed E-state index contributed by atoms with van der Waals surface area (Å²) >= 11 is 0. The van der Waals surface area contributed by atoms with Crippen LogP contribution in [-0.4, -0.2) is 41.8 Å². The van der Waals surface area contributed by atoms with Gasteiger partial charge >= 0.3 is 0 Å². The van der Waals surface area contributed by atoms with Gasteiger partial charge in [-0.1, -0.05) is 0 Å². The van der Waals surface area contributed by atoms with Crippen LogP contribution in [0.3, 0.4) is 0 Å². The van der Waals surface area contributed by atoms with E-state index in [1.807, 2.05) is 31.3 Å². The van der Waals surface area contributed by atoms with Gasteiger partial charge in [-0.05, 0) is 51.1 Å². The lowest BCUT2D eigenvalue weighted by Gasteiger charge is -2.13. The zero-order chi connectivity index (χ0) is 15.5. The molecular formula is C17H20N2O3. The van der Waals surface area contributed by atoms with Crippen molar-refractivity contribution in [2.75, 3.05) is 19.6 Å². The van der Waals surface area contributed by atoms with Gasteiger partial charge in [0.15, 0.2) is 5.78 Å². The van der Waals surface area contributed by atoms with Gasteiger partial charge < -0.3 is 9.72 Å². The first-order chi connectivity index (χ1) is 10.7. The number of fused-ring (bicyclic) bond motifs is 1. The molecule has 5 heteroatoms. The van der Waals surface area contributed by atoms with Crippen molar-refractivity contribution in [1.82, 2.24) is 9.88 Å². The number of H-pyrrole nitrogens is 1. The SMILES string of the molecule is CC(OC=O)c1c[nH]c2ccc(C(=O)CN3CCCC3)cc12. The number of likely N-dealkylation sites (tertiary alicyclic amines) is 1. The minimum absolute atomic E-state index is 0.139. The van der Waals surface area contributed by atoms with Gasteiger partial charge in [-0.3, -0.25) is 14.5 Å². The van der Waals surface area contributed by atoms with Crippen molar-refractivity contribution in [3.8, 4) is 0 Å². The predicted molar refractivity (Wildman–Crippen MR) is 83.9 cm³/mol. The van der Waals surface area contributed by atoms with Crippen LogP contribution < -0.4 is 0 Å². The number of hydrogen-bond donors (Lipinski definition) is 1. The molecule has 1 unspecified atom stereocenters. The second-order valence-electron chi connectivity index (χ2n) is 5.79. The summed E-state index contributed by atoms with van der Waals surface area (Å²) in [5.74, 6) is 0.139. The predicted octanol–water partition coefficient (Wildman–Crippen LogP) is 2.68. The zero-order valence-electron chi connectivity index (χ0n) is 12.7. The molecule has 0 radical (unpaired) electrons. The van der Waals surface area contributed by atoms with Crippen molar-refractivity contribution in [2.24, 2.45) is 0 Å². The molecule has 0 aliphatic carbocycles. The lowest BCUT2D eigenvalue weighted by atomic mass is 10.0. The number of aromatic amines is 1. The first-order valence-corrected chi connectivity index (χ1v) is 7.64. The number of ketones is 1. The summed E-state index contributed by atoms with van der Waals surface area (Å²) < 4.78 is 5.01. The number of nitrogens with one attached hydrogen (secondary N) is 1. The number of hydrogen-bond acceptors (Lipinski definition) is 4. The average molecular weight is 300 g/mol. The van der Waals surface area contributed by atoms with Crippen LogP contribution in [0.15, 0.2) is 24.4 Å². The van der Waals surface area contributed by atoms with Gasteiger partial charge in [0, 0.05) is 28.2 Å². The number of Topliss-reactive ketones (excluding diaryl/α,β-unsaturated/α-hetero) is 1. The number of carbonyl (C=O) groups is 2. The molecule has 2 aromatic rings. The molecule has 3 rings (SSSR count). The van der Waals surface area contributed by atoms with Gasteiger partial charge in [0.25, 0.3) is 6.47 Å². The highest BCUT2D eigenvalue weighted by molar-refractivity contribution is 6.01. The molecule has 5 nitrogen and oxygen atoms in total. The van der Waals surface area contributed by atoms with Crippen LogP contribution in [0.1, 0.15) is 41.8 Å². The topological polar surface area (TPSA) is 62.4 Å². The molecule has 0 amide bonds. The van der Waals surface area contributed by atoms with E-state index in [4.69, 9.17) is 4.74 Å². The Morgan fingerprint density at radius 1 is 1.41 bits per heavy atom. The summed E-state index contributed by atoms with van der Waals surface area (Å²) in [6, 6.07) is 5.65. The number of ether oxygens (including phenoxy) is 1. The fourth-order valence-electron chi connectivity index (χ4n) is 3.04. The van der Waals surface area contributed by atoms with Crippen LogP contribution in [0.5, 0.6) is 0 Å². The largest absolute Gasteiger partial charge is 0.460 e. The lowest BCUT2D eigenvalue weighted by molar-refractivity contribution is -0.133. The van der Waals surface area contributed by atoms with E-state index in [1.54, 1.807) is 0 Å². The summed E-state index contributed by atoms with van der Waals surface area (Å²) in [7, 11) is 0. The summed E-state index contributed by atoms with van der Waals surface area (Å²) in [6.45, 7) is 4.76. The molecule has 1 saturated heterocycles. The summed E-state index contributed by atoms with van der Waals surface area (Å²) in [5.41, 5.74) is 2.53. The number of aromatic nitrogens is 1. The van der Waals surface area contributed by atoms with E-state index in [9.17, 15) is 9.59 Å². The van der Waals surface area contributed by atoms with Crippen LogP contribution in [0.25, 0.3) is 10.9 Å². The first-order valence-electron chi connectivity index (χ1n) is 7.64. The molecule has 1 aliphatic rings. The van der Waals surface area contributed by atoms with Gasteiger partial charge in [0.2, 0.25) is 0 Å². The maximum absolute atomic E-state index is 12.4. The quantitative estimate of drug-likeness (QED) is 0.658. The minimum atomic E-state index is -0.338. The fourth-order valence-corrected chi connectivity index (χ4v) is 3.04. The third kappa shape index (κ3) is 2.90. The van der Waals surface area contributed by atoms with E-state index in [1.165, 1.54) is 12.8 Å². The van der Waals surface area contributed by atoms with Gasteiger partial charge in [0.1, 0.15) is 6.10 Å². The van der Waals surface area contributed by atoms with Crippen LogP contribution >= 0.6 is 0 Å². The van der Waals surface area contributed by atoms with Crippen LogP contribution in [0.4, 0.5) is 0 Å². The summed E-state index contributed by atoms with van der Waals surface area (Å²) in [5, 5.41) is 0.932. The number of carbonyl (C=O) groups excluding carboxylic acids is 2. The standard InChI is InChI=1S/C17H20N2O3/c1-12(22-11-20)15-9-18-16-5-4-13(8-14(15)16)17(21)10-19-6-2-3-7-19/h4-5,8-9,11-12,18H,2-3,6-7,10H2,1H3. The van der Waals surface area contributed by atoms with E-state index in [2.05, 4.69) is 9.88 Å². The Morgan fingerprint density at radius 3 is 2.91 bits per heavy atom. The summed E-state index contributed by atoms with van der Waals surface area (Å²) in [6.07, 6.45) is 3.84. The second kappa shape index (κ2) is 6.32. The van der Waals surface area contributed by atoms with Gasteiger partial charge in [-0.2, -0.15) is 0 Å². The Kier molecular flexibility index (Phi) is 4.24. The number of benzene rings is 1. The van der Waals surface area contributed by atoms with Gasteiger partial charge in [-0.15, -0.1) is 0 Å². The zero-order valence-corrected chi connectivity index (χ0v) is 12.7. The fraction of sp³-hybridized carbons (Fsp3) is 0.412. The van der Waals surface area contributed by atoms with Gasteiger partial charge in [0.05, 0.1) is 6.54 Å². The van der Waals surface area contributed by atoms with E-state index < -0.39 is 0 Å². The van der Waals surface area contributed by atoms with Crippen LogP contribution in [-0.2, 0) is 9.53 Å². The molecule has 1 fully saturated rings. The number of nitrogens with zero attached hydrogens (tertiary/aromatic N) is 1. The smallest absolute Gasteiger partial charge is 0.293 e. The average Bonchev–Trinajstić information content (AvgIpc) is 3.15. The monoisotopic (exact) mass is 300 g/mol. The highest BCUT2D eigenvalue weighted by atomic mass is 16.5. The molecule has 22 heavy (non-hydrogen) atoms. The normalized spacial score (nSPS) is 16.8. The van der Waals surface area contributed by atoms with E-state index in [0.717, 1.165) is 29.6 Å². The number of rotatable bonds is 6. The van der Waals surface area contributed by atoms with Crippen molar-refractivity contribution in [2.45, 2.75) is 25.9 Å². The molecule has 1 atom stereocenters. The second-order valence-corrected chi connectivity index (χ2v) is 5.79. The third-order valence-electron chi connectivity index (χ3n) is 4.30. The van der Waals surface area contributed by atoms with E-state index >= 15 is 0 Å². The maximum Gasteiger partial charge on any atom is 0.293 e. The Bertz CT molecular complexity index is 686. The molecule has 0 saturated carbocycles. The van der Waals surface area contributed by atoms with Crippen molar-refractivity contribution in [1.29, 1.82) is 0 Å². The highest BCUT2D eigenvalue weighted by Crippen LogP contribution is 2.27. The molecule has 1 aromatic carbocycles. The van der Waals surface area contributed by atoms with Crippen molar-refractivity contribution < 1.29 is 14.3 Å². The van der Waals surface area contributed by atoms with Crippen molar-refractivity contribution in [3.05, 3.63) is 35.5 Å². The highest BCUT2D eigenvalue weighted by Gasteiger charge is 2.18. The molecule has 1 aliphatic heterocycles. The molecule has 0 spiro atoms. The minimum Gasteiger partial charge on any atom is -0.460 e. The Labute approximate surface area is 129 Å². The van der Waals surface area contributed by atoms with Crippen LogP contribution in [0, 0.1) is 0 Å². The first kappa shape index (κ1) is 14.8. The third-order valence-corrected chi connectivity index (χ3v) is 4.30. The molecule has 1 aromatic heterocycles. The Balaban J connectivity index is 1.85. The van der Waals surface area contributed by atoms with E-state index in [-0.39, 0.29) is 11.9 Å². The van der Waals surface area contributed by atoms with Crippen molar-refractivity contribution in [3.63, 3.8) is 0 Å². The van der Waals surface area contributed by atoms with Gasteiger partial charge in [-0.25, -0.2) is 0 Å². The maximum atomic E-state index is 12.4. The van der Waals surface area contributed by atoms with Crippen LogP contribution in [0.2, 0.25) is 0 Å². The lowest BCUT2D eigenvalue weighted by Crippen LogP contribution is -2.26. The van der Waals surface area contributed by atoms with Crippen molar-refractivity contribution >= 4 is 23.2 Å². The van der Waals surface area contributed by atoms with E-state index in [0.29, 0.717) is 18.6 Å².